The van der Waals surface area contributed by atoms with E-state index in [1.165, 1.54) is 0 Å². The number of nitrogens with one attached hydrogen (secondary N) is 1. The molecular formula is C19H29NO3. The predicted molar refractivity (Wildman–Crippen MR) is 92.8 cm³/mol. The number of carbonyl (C=O) groups is 1. The van der Waals surface area contributed by atoms with Crippen molar-refractivity contribution < 1.29 is 14.3 Å². The van der Waals surface area contributed by atoms with E-state index >= 15 is 0 Å². The Morgan fingerprint density at radius 2 is 1.87 bits per heavy atom. The Morgan fingerprint density at radius 3 is 2.39 bits per heavy atom. The molecule has 0 heterocycles. The van der Waals surface area contributed by atoms with Crippen LogP contribution in [0.25, 0.3) is 0 Å². The summed E-state index contributed by atoms with van der Waals surface area (Å²) in [7, 11) is 1.64. The third-order valence-electron chi connectivity index (χ3n) is 4.58. The average molecular weight is 319 g/mol. The maximum Gasteiger partial charge on any atom is 0.256 e. The van der Waals surface area contributed by atoms with E-state index in [0.29, 0.717) is 18.4 Å². The fourth-order valence-corrected chi connectivity index (χ4v) is 2.89. The van der Waals surface area contributed by atoms with Gasteiger partial charge in [-0.15, -0.1) is 0 Å². The van der Waals surface area contributed by atoms with E-state index < -0.39 is 5.60 Å². The molecule has 1 aromatic carbocycles. The molecule has 0 aliphatic heterocycles. The molecule has 0 aromatic heterocycles. The second kappa shape index (κ2) is 7.82. The highest BCUT2D eigenvalue weighted by molar-refractivity contribution is 5.97. The quantitative estimate of drug-likeness (QED) is 0.852. The molecule has 0 bridgehead atoms. The zero-order valence-electron chi connectivity index (χ0n) is 14.7. The van der Waals surface area contributed by atoms with Crippen LogP contribution in [0.5, 0.6) is 5.75 Å². The van der Waals surface area contributed by atoms with Crippen LogP contribution in [-0.2, 0) is 9.53 Å². The van der Waals surface area contributed by atoms with Gasteiger partial charge in [0, 0.05) is 12.8 Å². The van der Waals surface area contributed by atoms with Crippen molar-refractivity contribution in [1.82, 2.24) is 0 Å². The summed E-state index contributed by atoms with van der Waals surface area (Å²) in [5, 5.41) is 2.99. The van der Waals surface area contributed by atoms with Crippen molar-refractivity contribution in [1.29, 1.82) is 0 Å². The smallest absolute Gasteiger partial charge is 0.256 e. The van der Waals surface area contributed by atoms with Crippen LogP contribution in [0.4, 0.5) is 5.69 Å². The minimum absolute atomic E-state index is 0.0391. The van der Waals surface area contributed by atoms with Crippen molar-refractivity contribution in [2.24, 2.45) is 11.8 Å². The molecule has 0 unspecified atom stereocenters. The number of anilines is 1. The first-order valence-electron chi connectivity index (χ1n) is 8.54. The van der Waals surface area contributed by atoms with Crippen LogP contribution in [0.2, 0.25) is 0 Å². The summed E-state index contributed by atoms with van der Waals surface area (Å²) in [4.78, 5) is 12.7. The van der Waals surface area contributed by atoms with Gasteiger partial charge in [0.2, 0.25) is 0 Å². The number of hydrogen-bond donors (Lipinski definition) is 1. The van der Waals surface area contributed by atoms with Gasteiger partial charge in [-0.05, 0) is 61.8 Å². The molecule has 0 atom stereocenters. The molecule has 1 aliphatic carbocycles. The molecule has 128 valence electrons. The Balaban J connectivity index is 1.96. The summed E-state index contributed by atoms with van der Waals surface area (Å²) in [5.74, 6) is 1.94. The molecule has 0 spiro atoms. The molecule has 0 radical (unpaired) electrons. The minimum Gasteiger partial charge on any atom is -0.493 e. The van der Waals surface area contributed by atoms with Gasteiger partial charge in [0.05, 0.1) is 6.61 Å². The Hall–Kier alpha value is -1.55. The number of carbonyl (C=O) groups excluding carboxylic acids is 1. The van der Waals surface area contributed by atoms with Crippen LogP contribution in [0.3, 0.4) is 0 Å². The molecule has 2 rings (SSSR count). The Bertz CT molecular complexity index is 502. The zero-order chi connectivity index (χ0) is 16.9. The summed E-state index contributed by atoms with van der Waals surface area (Å²) in [5.41, 5.74) is 0.0984. The van der Waals surface area contributed by atoms with Crippen molar-refractivity contribution in [3.8, 4) is 5.75 Å². The standard InChI is InChI=1S/C19H29NO3/c1-14(2)13-23-17-7-5-16(6-8-17)20-18(21)19(22-4)11-9-15(3)10-12-19/h5-8,14-15H,9-13H2,1-4H3,(H,20,21). The number of benzene rings is 1. The van der Waals surface area contributed by atoms with E-state index in [1.807, 2.05) is 24.3 Å². The molecule has 1 saturated carbocycles. The van der Waals surface area contributed by atoms with Gasteiger partial charge in [-0.25, -0.2) is 0 Å². The second-order valence-electron chi connectivity index (χ2n) is 7.06. The maximum absolute atomic E-state index is 12.7. The Morgan fingerprint density at radius 1 is 1.26 bits per heavy atom. The van der Waals surface area contributed by atoms with E-state index in [1.54, 1.807) is 7.11 Å². The van der Waals surface area contributed by atoms with Gasteiger partial charge >= 0.3 is 0 Å². The molecule has 1 amide bonds. The van der Waals surface area contributed by atoms with Crippen molar-refractivity contribution >= 4 is 11.6 Å². The van der Waals surface area contributed by atoms with Gasteiger partial charge in [0.15, 0.2) is 0 Å². The third-order valence-corrected chi connectivity index (χ3v) is 4.58. The highest BCUT2D eigenvalue weighted by atomic mass is 16.5. The lowest BCUT2D eigenvalue weighted by molar-refractivity contribution is -0.142. The third kappa shape index (κ3) is 4.71. The van der Waals surface area contributed by atoms with Crippen molar-refractivity contribution in [2.75, 3.05) is 19.0 Å². The topological polar surface area (TPSA) is 47.6 Å². The maximum atomic E-state index is 12.7. The first kappa shape index (κ1) is 17.8. The first-order valence-corrected chi connectivity index (χ1v) is 8.54. The molecule has 1 aliphatic rings. The largest absolute Gasteiger partial charge is 0.493 e. The fraction of sp³-hybridized carbons (Fsp3) is 0.632. The van der Waals surface area contributed by atoms with Crippen LogP contribution >= 0.6 is 0 Å². The van der Waals surface area contributed by atoms with Crippen LogP contribution in [0.15, 0.2) is 24.3 Å². The van der Waals surface area contributed by atoms with Gasteiger partial charge in [-0.3, -0.25) is 4.79 Å². The van der Waals surface area contributed by atoms with Crippen LogP contribution in [0, 0.1) is 11.8 Å². The van der Waals surface area contributed by atoms with Gasteiger partial charge in [-0.1, -0.05) is 20.8 Å². The van der Waals surface area contributed by atoms with Crippen molar-refractivity contribution in [2.45, 2.75) is 52.1 Å². The van der Waals surface area contributed by atoms with Crippen molar-refractivity contribution in [3.63, 3.8) is 0 Å². The fourth-order valence-electron chi connectivity index (χ4n) is 2.89. The second-order valence-corrected chi connectivity index (χ2v) is 7.06. The number of rotatable bonds is 6. The molecule has 1 aromatic rings. The monoisotopic (exact) mass is 319 g/mol. The molecule has 1 fully saturated rings. The lowest BCUT2D eigenvalue weighted by atomic mass is 9.79. The number of methoxy groups -OCH3 is 1. The first-order chi connectivity index (χ1) is 10.9. The Labute approximate surface area is 139 Å². The van der Waals surface area contributed by atoms with Crippen LogP contribution < -0.4 is 10.1 Å². The zero-order valence-corrected chi connectivity index (χ0v) is 14.7. The molecule has 1 N–H and O–H groups in total. The summed E-state index contributed by atoms with van der Waals surface area (Å²) in [6.45, 7) is 7.15. The molecule has 0 saturated heterocycles. The normalized spacial score (nSPS) is 24.5. The van der Waals surface area contributed by atoms with Crippen LogP contribution in [0.1, 0.15) is 46.5 Å². The van der Waals surface area contributed by atoms with Crippen LogP contribution in [-0.4, -0.2) is 25.2 Å². The molecule has 4 heteroatoms. The van der Waals surface area contributed by atoms with E-state index in [4.69, 9.17) is 9.47 Å². The summed E-state index contributed by atoms with van der Waals surface area (Å²) in [6, 6.07) is 7.53. The van der Waals surface area contributed by atoms with Gasteiger partial charge in [0.25, 0.3) is 5.91 Å². The van der Waals surface area contributed by atoms with E-state index in [-0.39, 0.29) is 5.91 Å². The number of ether oxygens (including phenoxy) is 2. The Kier molecular flexibility index (Phi) is 6.05. The van der Waals surface area contributed by atoms with Gasteiger partial charge < -0.3 is 14.8 Å². The molecular weight excluding hydrogens is 290 g/mol. The lowest BCUT2D eigenvalue weighted by Crippen LogP contribution is -2.47. The lowest BCUT2D eigenvalue weighted by Gasteiger charge is -2.36. The number of hydrogen-bond acceptors (Lipinski definition) is 3. The van der Waals surface area contributed by atoms with Gasteiger partial charge in [0.1, 0.15) is 11.4 Å². The minimum atomic E-state index is -0.681. The number of amides is 1. The molecule has 4 nitrogen and oxygen atoms in total. The van der Waals surface area contributed by atoms with E-state index in [9.17, 15) is 4.79 Å². The van der Waals surface area contributed by atoms with Crippen molar-refractivity contribution in [3.05, 3.63) is 24.3 Å². The average Bonchev–Trinajstić information content (AvgIpc) is 2.55. The highest BCUT2D eigenvalue weighted by Gasteiger charge is 2.41. The van der Waals surface area contributed by atoms with E-state index in [2.05, 4.69) is 26.1 Å². The van der Waals surface area contributed by atoms with E-state index in [0.717, 1.165) is 37.1 Å². The summed E-state index contributed by atoms with van der Waals surface area (Å²) in [6.07, 6.45) is 3.63. The summed E-state index contributed by atoms with van der Waals surface area (Å²) >= 11 is 0. The summed E-state index contributed by atoms with van der Waals surface area (Å²) < 4.78 is 11.3. The SMILES string of the molecule is COC1(C(=O)Nc2ccc(OCC(C)C)cc2)CCC(C)CC1. The predicted octanol–water partition coefficient (Wildman–Crippen LogP) is 4.26. The molecule has 23 heavy (non-hydrogen) atoms. The highest BCUT2D eigenvalue weighted by Crippen LogP contribution is 2.35. The van der Waals surface area contributed by atoms with Gasteiger partial charge in [-0.2, -0.15) is 0 Å².